The SMILES string of the molecule is CC(=O)C(S)(CC(=O)O)C(=O)O. The summed E-state index contributed by atoms with van der Waals surface area (Å²) in [6, 6.07) is 0. The summed E-state index contributed by atoms with van der Waals surface area (Å²) in [6.07, 6.45) is -0.819. The van der Waals surface area contributed by atoms with Crippen molar-refractivity contribution in [2.45, 2.75) is 18.1 Å². The van der Waals surface area contributed by atoms with Crippen molar-refractivity contribution >= 4 is 30.4 Å². The van der Waals surface area contributed by atoms with E-state index in [0.29, 0.717) is 0 Å². The van der Waals surface area contributed by atoms with Gasteiger partial charge in [-0.1, -0.05) is 0 Å². The summed E-state index contributed by atoms with van der Waals surface area (Å²) in [4.78, 5) is 31.3. The maximum atomic E-state index is 10.7. The van der Waals surface area contributed by atoms with Gasteiger partial charge in [0.1, 0.15) is 0 Å². The molecule has 0 saturated carbocycles. The first-order valence-corrected chi connectivity index (χ1v) is 3.44. The van der Waals surface area contributed by atoms with Crippen molar-refractivity contribution < 1.29 is 24.6 Å². The van der Waals surface area contributed by atoms with Gasteiger partial charge in [0.15, 0.2) is 10.5 Å². The van der Waals surface area contributed by atoms with Crippen molar-refractivity contribution in [2.24, 2.45) is 0 Å². The molecule has 0 heterocycles. The minimum absolute atomic E-state index is 0.791. The molecule has 0 amide bonds. The highest BCUT2D eigenvalue weighted by atomic mass is 32.1. The third-order valence-corrected chi connectivity index (χ3v) is 2.01. The monoisotopic (exact) mass is 192 g/mol. The summed E-state index contributed by atoms with van der Waals surface area (Å²) < 4.78 is -2.11. The van der Waals surface area contributed by atoms with Gasteiger partial charge in [0.25, 0.3) is 0 Å². The molecule has 68 valence electrons. The molecule has 0 rings (SSSR count). The predicted octanol–water partition coefficient (Wildman–Crippen LogP) is -0.197. The van der Waals surface area contributed by atoms with Gasteiger partial charge in [0.2, 0.25) is 0 Å². The molecule has 0 aliphatic carbocycles. The van der Waals surface area contributed by atoms with E-state index in [9.17, 15) is 14.4 Å². The molecule has 6 heteroatoms. The number of thiol groups is 1. The topological polar surface area (TPSA) is 91.7 Å². The van der Waals surface area contributed by atoms with E-state index in [2.05, 4.69) is 12.6 Å². The zero-order valence-corrected chi connectivity index (χ0v) is 7.17. The van der Waals surface area contributed by atoms with Crippen LogP contribution in [0.15, 0.2) is 0 Å². The van der Waals surface area contributed by atoms with Crippen molar-refractivity contribution in [3.8, 4) is 0 Å². The third kappa shape index (κ3) is 2.23. The Kier molecular flexibility index (Phi) is 3.26. The summed E-state index contributed by atoms with van der Waals surface area (Å²) in [5, 5.41) is 16.8. The smallest absolute Gasteiger partial charge is 0.327 e. The molecular weight excluding hydrogens is 184 g/mol. The fraction of sp³-hybridized carbons (Fsp3) is 0.500. The number of carbonyl (C=O) groups excluding carboxylic acids is 1. The van der Waals surface area contributed by atoms with Gasteiger partial charge in [-0.3, -0.25) is 14.4 Å². The average molecular weight is 192 g/mol. The van der Waals surface area contributed by atoms with E-state index >= 15 is 0 Å². The van der Waals surface area contributed by atoms with Gasteiger partial charge in [-0.05, 0) is 6.92 Å². The Labute approximate surface area is 73.8 Å². The number of carbonyl (C=O) groups is 3. The zero-order valence-electron chi connectivity index (χ0n) is 6.27. The van der Waals surface area contributed by atoms with Crippen LogP contribution >= 0.6 is 12.6 Å². The quantitative estimate of drug-likeness (QED) is 0.424. The molecule has 0 aromatic rings. The molecule has 0 aliphatic heterocycles. The van der Waals surface area contributed by atoms with Crippen molar-refractivity contribution in [3.63, 3.8) is 0 Å². The Morgan fingerprint density at radius 3 is 1.83 bits per heavy atom. The third-order valence-electron chi connectivity index (χ3n) is 1.34. The summed E-state index contributed by atoms with van der Waals surface area (Å²) >= 11 is 3.52. The number of carboxylic acid groups (broad SMARTS) is 2. The van der Waals surface area contributed by atoms with E-state index in [-0.39, 0.29) is 0 Å². The van der Waals surface area contributed by atoms with E-state index in [4.69, 9.17) is 10.2 Å². The first-order chi connectivity index (χ1) is 5.30. The fourth-order valence-corrected chi connectivity index (χ4v) is 0.705. The van der Waals surface area contributed by atoms with Crippen molar-refractivity contribution in [2.75, 3.05) is 0 Å². The van der Waals surface area contributed by atoms with E-state index in [0.717, 1.165) is 6.92 Å². The largest absolute Gasteiger partial charge is 0.481 e. The molecule has 0 fully saturated rings. The van der Waals surface area contributed by atoms with Crippen LogP contribution in [0, 0.1) is 0 Å². The summed E-state index contributed by atoms with van der Waals surface area (Å²) in [7, 11) is 0. The Morgan fingerprint density at radius 2 is 1.75 bits per heavy atom. The lowest BCUT2D eigenvalue weighted by atomic mass is 10.0. The number of rotatable bonds is 4. The van der Waals surface area contributed by atoms with E-state index in [1.165, 1.54) is 0 Å². The second kappa shape index (κ2) is 3.57. The van der Waals surface area contributed by atoms with Gasteiger partial charge < -0.3 is 10.2 Å². The van der Waals surface area contributed by atoms with Crippen LogP contribution in [0.5, 0.6) is 0 Å². The molecule has 1 atom stereocenters. The maximum Gasteiger partial charge on any atom is 0.327 e. The number of Topliss-reactive ketones (excluding diaryl/α,β-unsaturated/α-hetero) is 1. The fourth-order valence-electron chi connectivity index (χ4n) is 0.570. The Hall–Kier alpha value is -1.04. The first-order valence-electron chi connectivity index (χ1n) is 2.99. The molecule has 0 radical (unpaired) electrons. The van der Waals surface area contributed by atoms with Gasteiger partial charge in [0, 0.05) is 0 Å². The van der Waals surface area contributed by atoms with E-state index in [1.54, 1.807) is 0 Å². The number of hydrogen-bond donors (Lipinski definition) is 3. The molecule has 0 saturated heterocycles. The van der Waals surface area contributed by atoms with Crippen LogP contribution in [-0.4, -0.2) is 32.7 Å². The van der Waals surface area contributed by atoms with Gasteiger partial charge in [0.05, 0.1) is 6.42 Å². The second-order valence-corrected chi connectivity index (χ2v) is 3.06. The minimum atomic E-state index is -2.11. The number of carboxylic acids is 2. The van der Waals surface area contributed by atoms with Crippen LogP contribution in [-0.2, 0) is 14.4 Å². The minimum Gasteiger partial charge on any atom is -0.481 e. The van der Waals surface area contributed by atoms with E-state index in [1.807, 2.05) is 0 Å². The zero-order chi connectivity index (χ0) is 9.94. The highest BCUT2D eigenvalue weighted by Gasteiger charge is 2.41. The Balaban J connectivity index is 4.75. The standard InChI is InChI=1S/C6H8O5S/c1-3(7)6(12,5(10)11)2-4(8)9/h12H,2H2,1H3,(H,8,9)(H,10,11). The predicted molar refractivity (Wildman–Crippen MR) is 42.3 cm³/mol. The molecule has 5 nitrogen and oxygen atoms in total. The van der Waals surface area contributed by atoms with Gasteiger partial charge in [-0.15, -0.1) is 0 Å². The van der Waals surface area contributed by atoms with Crippen LogP contribution in [0.3, 0.4) is 0 Å². The Morgan fingerprint density at radius 1 is 1.33 bits per heavy atom. The van der Waals surface area contributed by atoms with E-state index < -0.39 is 28.9 Å². The molecule has 2 N–H and O–H groups in total. The van der Waals surface area contributed by atoms with Crippen LogP contribution in [0.4, 0.5) is 0 Å². The molecule has 0 aromatic carbocycles. The molecule has 12 heavy (non-hydrogen) atoms. The molecule has 0 aliphatic rings. The lowest BCUT2D eigenvalue weighted by molar-refractivity contribution is -0.149. The summed E-state index contributed by atoms with van der Waals surface area (Å²) in [5.41, 5.74) is 0. The number of ketones is 1. The Bertz CT molecular complexity index is 220. The summed E-state index contributed by atoms with van der Waals surface area (Å²) in [5.74, 6) is -3.70. The lowest BCUT2D eigenvalue weighted by Gasteiger charge is -2.17. The van der Waals surface area contributed by atoms with Crippen molar-refractivity contribution in [1.82, 2.24) is 0 Å². The average Bonchev–Trinajstić information content (AvgIpc) is 1.84. The van der Waals surface area contributed by atoms with Crippen LogP contribution in [0.25, 0.3) is 0 Å². The molecule has 1 unspecified atom stereocenters. The molecular formula is C6H8O5S. The summed E-state index contributed by atoms with van der Waals surface area (Å²) in [6.45, 7) is 0.990. The van der Waals surface area contributed by atoms with Crippen LogP contribution < -0.4 is 0 Å². The van der Waals surface area contributed by atoms with Crippen molar-refractivity contribution in [3.05, 3.63) is 0 Å². The second-order valence-electron chi connectivity index (χ2n) is 2.29. The number of aliphatic carboxylic acids is 2. The van der Waals surface area contributed by atoms with Crippen LogP contribution in [0.2, 0.25) is 0 Å². The van der Waals surface area contributed by atoms with Crippen LogP contribution in [0.1, 0.15) is 13.3 Å². The molecule has 0 spiro atoms. The highest BCUT2D eigenvalue weighted by Crippen LogP contribution is 2.20. The maximum absolute atomic E-state index is 10.7. The number of hydrogen-bond acceptors (Lipinski definition) is 4. The van der Waals surface area contributed by atoms with Gasteiger partial charge in [-0.25, -0.2) is 0 Å². The highest BCUT2D eigenvalue weighted by molar-refractivity contribution is 7.83. The van der Waals surface area contributed by atoms with Crippen molar-refractivity contribution in [1.29, 1.82) is 0 Å². The first kappa shape index (κ1) is 11.0. The van der Waals surface area contributed by atoms with Gasteiger partial charge >= 0.3 is 11.9 Å². The lowest BCUT2D eigenvalue weighted by Crippen LogP contribution is -2.41. The van der Waals surface area contributed by atoms with Gasteiger partial charge in [-0.2, -0.15) is 12.6 Å². The molecule has 0 bridgehead atoms. The molecule has 0 aromatic heterocycles. The normalized spacial score (nSPS) is 14.8.